The van der Waals surface area contributed by atoms with Gasteiger partial charge in [-0.3, -0.25) is 9.69 Å². The molecule has 0 aliphatic carbocycles. The van der Waals surface area contributed by atoms with E-state index in [1.807, 2.05) is 0 Å². The van der Waals surface area contributed by atoms with Gasteiger partial charge in [0.05, 0.1) is 6.20 Å². The Balaban J connectivity index is 2.46. The fourth-order valence-electron chi connectivity index (χ4n) is 1.73. The lowest BCUT2D eigenvalue weighted by atomic mass is 10.3. The second-order valence-corrected chi connectivity index (χ2v) is 4.80. The van der Waals surface area contributed by atoms with Gasteiger partial charge in [0.1, 0.15) is 0 Å². The minimum atomic E-state index is -0.200. The first-order chi connectivity index (χ1) is 10.1. The fourth-order valence-corrected chi connectivity index (χ4v) is 2.07. The van der Waals surface area contributed by atoms with Gasteiger partial charge in [0.25, 0.3) is 0 Å². The Morgan fingerprint density at radius 1 is 1.19 bits per heavy atom. The van der Waals surface area contributed by atoms with Gasteiger partial charge >= 0.3 is 0 Å². The second-order valence-electron chi connectivity index (χ2n) is 4.04. The third kappa shape index (κ3) is 3.40. The van der Waals surface area contributed by atoms with E-state index >= 15 is 0 Å². The van der Waals surface area contributed by atoms with Crippen LogP contribution in [0.25, 0.3) is 11.2 Å². The molecular formula is C11H13Cl2N7O. The van der Waals surface area contributed by atoms with Crippen molar-refractivity contribution < 1.29 is 4.79 Å². The topological polar surface area (TPSA) is 124 Å². The molecule has 0 bridgehead atoms. The van der Waals surface area contributed by atoms with Crippen molar-refractivity contribution in [1.82, 2.24) is 19.9 Å². The zero-order valence-electron chi connectivity index (χ0n) is 11.0. The molecule has 0 unspecified atom stereocenters. The largest absolute Gasteiger partial charge is 0.382 e. The minimum Gasteiger partial charge on any atom is -0.382 e. The van der Waals surface area contributed by atoms with Crippen LogP contribution in [0.15, 0.2) is 6.20 Å². The zero-order chi connectivity index (χ0) is 15.4. The number of nitrogen functional groups attached to an aromatic ring is 2. The summed E-state index contributed by atoms with van der Waals surface area (Å²) in [5.74, 6) is 0.690. The van der Waals surface area contributed by atoms with Gasteiger partial charge in [-0.15, -0.1) is 23.2 Å². The molecule has 2 heterocycles. The predicted octanol–water partition coefficient (Wildman–Crippen LogP) is 0.785. The minimum absolute atomic E-state index is 0.0119. The highest BCUT2D eigenvalue weighted by atomic mass is 35.5. The molecule has 0 aliphatic rings. The van der Waals surface area contributed by atoms with Gasteiger partial charge in [0.2, 0.25) is 11.9 Å². The Kier molecular flexibility index (Phi) is 4.92. The Morgan fingerprint density at radius 2 is 1.95 bits per heavy atom. The standard InChI is InChI=1S/C11H13Cl2N7O/c12-2-1-7(21)20(4-3-13)6-5-16-10-8(17-6)9(14)18-11(15)19-10/h5H,1-4H2,(H4,14,15,16,18,19). The number of nitrogens with zero attached hydrogens (tertiary/aromatic N) is 5. The van der Waals surface area contributed by atoms with Gasteiger partial charge in [-0.1, -0.05) is 0 Å². The summed E-state index contributed by atoms with van der Waals surface area (Å²) in [6.07, 6.45) is 1.58. The van der Waals surface area contributed by atoms with Crippen LogP contribution in [0.2, 0.25) is 0 Å². The van der Waals surface area contributed by atoms with E-state index in [0.717, 1.165) is 0 Å². The fraction of sp³-hybridized carbons (Fsp3) is 0.364. The SMILES string of the molecule is Nc1nc(N)c2nc(N(CCCl)C(=O)CCCl)cnc2n1. The van der Waals surface area contributed by atoms with Gasteiger partial charge < -0.3 is 11.5 Å². The number of fused-ring (bicyclic) bond motifs is 1. The third-order valence-electron chi connectivity index (χ3n) is 2.63. The lowest BCUT2D eigenvalue weighted by molar-refractivity contribution is -0.118. The van der Waals surface area contributed by atoms with Crippen LogP contribution in [-0.4, -0.2) is 44.1 Å². The van der Waals surface area contributed by atoms with Crippen molar-refractivity contribution >= 4 is 57.9 Å². The summed E-state index contributed by atoms with van der Waals surface area (Å²) in [5.41, 5.74) is 11.8. The molecule has 2 aromatic heterocycles. The lowest BCUT2D eigenvalue weighted by Gasteiger charge is -2.20. The number of alkyl halides is 2. The molecular weight excluding hydrogens is 317 g/mol. The summed E-state index contributed by atoms with van der Waals surface area (Å²) in [7, 11) is 0. The number of halogens is 2. The number of hydrogen-bond acceptors (Lipinski definition) is 7. The van der Waals surface area contributed by atoms with Crippen LogP contribution >= 0.6 is 23.2 Å². The molecule has 0 radical (unpaired) electrons. The van der Waals surface area contributed by atoms with Gasteiger partial charge in [-0.2, -0.15) is 9.97 Å². The average molecular weight is 330 g/mol. The molecule has 21 heavy (non-hydrogen) atoms. The van der Waals surface area contributed by atoms with Crippen LogP contribution in [0.3, 0.4) is 0 Å². The number of carbonyl (C=O) groups excluding carboxylic acids is 1. The van der Waals surface area contributed by atoms with Crippen molar-refractivity contribution in [3.05, 3.63) is 6.20 Å². The van der Waals surface area contributed by atoms with E-state index in [9.17, 15) is 4.79 Å². The highest BCUT2D eigenvalue weighted by Crippen LogP contribution is 2.19. The number of rotatable bonds is 5. The maximum Gasteiger partial charge on any atom is 0.229 e. The van der Waals surface area contributed by atoms with Crippen LogP contribution in [0.4, 0.5) is 17.6 Å². The number of nitrogens with two attached hydrogens (primary N) is 2. The summed E-state index contributed by atoms with van der Waals surface area (Å²) in [6, 6.07) is 0. The normalized spacial score (nSPS) is 10.8. The van der Waals surface area contributed by atoms with Crippen molar-refractivity contribution in [3.8, 4) is 0 Å². The zero-order valence-corrected chi connectivity index (χ0v) is 12.5. The Labute approximate surface area is 130 Å². The van der Waals surface area contributed by atoms with E-state index in [4.69, 9.17) is 34.7 Å². The molecule has 112 valence electrons. The monoisotopic (exact) mass is 329 g/mol. The van der Waals surface area contributed by atoms with E-state index in [0.29, 0.717) is 5.82 Å². The number of carbonyl (C=O) groups is 1. The van der Waals surface area contributed by atoms with Crippen LogP contribution in [0, 0.1) is 0 Å². The van der Waals surface area contributed by atoms with Crippen LogP contribution in [0.1, 0.15) is 6.42 Å². The molecule has 0 atom stereocenters. The van der Waals surface area contributed by atoms with E-state index in [-0.39, 0.29) is 53.6 Å². The molecule has 0 fully saturated rings. The van der Waals surface area contributed by atoms with Gasteiger partial charge in [-0.05, 0) is 0 Å². The smallest absolute Gasteiger partial charge is 0.229 e. The first-order valence-corrected chi connectivity index (χ1v) is 7.11. The Bertz CT molecular complexity index is 666. The van der Waals surface area contributed by atoms with Crippen molar-refractivity contribution in [2.24, 2.45) is 0 Å². The summed E-state index contributed by atoms with van der Waals surface area (Å²) >= 11 is 11.3. The van der Waals surface area contributed by atoms with Crippen LogP contribution in [0.5, 0.6) is 0 Å². The Hall–Kier alpha value is -1.93. The molecule has 8 nitrogen and oxygen atoms in total. The van der Waals surface area contributed by atoms with E-state index in [1.54, 1.807) is 0 Å². The highest BCUT2D eigenvalue weighted by molar-refractivity contribution is 6.20. The first kappa shape index (κ1) is 15.5. The number of hydrogen-bond donors (Lipinski definition) is 2. The van der Waals surface area contributed by atoms with Crippen molar-refractivity contribution in [2.75, 3.05) is 34.7 Å². The third-order valence-corrected chi connectivity index (χ3v) is 2.99. The van der Waals surface area contributed by atoms with Gasteiger partial charge in [0, 0.05) is 24.7 Å². The maximum atomic E-state index is 12.0. The van der Waals surface area contributed by atoms with Crippen LogP contribution in [-0.2, 0) is 4.79 Å². The molecule has 0 saturated carbocycles. The molecule has 0 spiro atoms. The Morgan fingerprint density at radius 3 is 2.62 bits per heavy atom. The summed E-state index contributed by atoms with van der Waals surface area (Å²) in [5, 5.41) is 0. The lowest BCUT2D eigenvalue weighted by Crippen LogP contribution is -2.33. The number of aromatic nitrogens is 4. The number of anilines is 3. The second kappa shape index (κ2) is 6.68. The molecule has 0 aliphatic heterocycles. The summed E-state index contributed by atoms with van der Waals surface area (Å²) in [4.78, 5) is 29.6. The molecule has 2 rings (SSSR count). The summed E-state index contributed by atoms with van der Waals surface area (Å²) < 4.78 is 0. The van der Waals surface area contributed by atoms with E-state index in [2.05, 4.69) is 19.9 Å². The average Bonchev–Trinajstić information content (AvgIpc) is 2.44. The molecule has 2 aromatic rings. The maximum absolute atomic E-state index is 12.0. The van der Waals surface area contributed by atoms with Crippen molar-refractivity contribution in [1.29, 1.82) is 0 Å². The predicted molar refractivity (Wildman–Crippen MR) is 82.4 cm³/mol. The molecule has 1 amide bonds. The summed E-state index contributed by atoms with van der Waals surface area (Å²) in [6.45, 7) is 0.285. The highest BCUT2D eigenvalue weighted by Gasteiger charge is 2.18. The molecule has 0 saturated heterocycles. The van der Waals surface area contributed by atoms with Crippen molar-refractivity contribution in [3.63, 3.8) is 0 Å². The molecule has 4 N–H and O–H groups in total. The number of amides is 1. The van der Waals surface area contributed by atoms with E-state index in [1.165, 1.54) is 11.1 Å². The van der Waals surface area contributed by atoms with Gasteiger partial charge in [0.15, 0.2) is 22.8 Å². The molecule has 0 aromatic carbocycles. The first-order valence-electron chi connectivity index (χ1n) is 6.05. The van der Waals surface area contributed by atoms with Gasteiger partial charge in [-0.25, -0.2) is 9.97 Å². The van der Waals surface area contributed by atoms with Crippen molar-refractivity contribution in [2.45, 2.75) is 6.42 Å². The van der Waals surface area contributed by atoms with Crippen LogP contribution < -0.4 is 16.4 Å². The molecule has 10 heteroatoms. The quantitative estimate of drug-likeness (QED) is 0.776. The van der Waals surface area contributed by atoms with E-state index < -0.39 is 0 Å².